The molecule has 0 radical (unpaired) electrons. The van der Waals surface area contributed by atoms with Crippen LogP contribution in [0.2, 0.25) is 5.02 Å². The van der Waals surface area contributed by atoms with E-state index < -0.39 is 0 Å². The van der Waals surface area contributed by atoms with Crippen LogP contribution in [0.3, 0.4) is 0 Å². The third-order valence-electron chi connectivity index (χ3n) is 3.87. The Morgan fingerprint density at radius 3 is 2.57 bits per heavy atom. The van der Waals surface area contributed by atoms with E-state index in [1.807, 2.05) is 12.1 Å². The monoisotopic (exact) mass is 314 g/mol. The van der Waals surface area contributed by atoms with Gasteiger partial charge in [0.05, 0.1) is 19.2 Å². The van der Waals surface area contributed by atoms with E-state index in [1.165, 1.54) is 0 Å². The summed E-state index contributed by atoms with van der Waals surface area (Å²) in [7, 11) is 3.18. The lowest BCUT2D eigenvalue weighted by atomic mass is 10.0. The second-order valence-corrected chi connectivity index (χ2v) is 5.40. The predicted octanol–water partition coefficient (Wildman–Crippen LogP) is 1.69. The highest BCUT2D eigenvalue weighted by Gasteiger charge is 2.26. The zero-order chi connectivity index (χ0) is 15.2. The Kier molecular flexibility index (Phi) is 6.11. The second-order valence-electron chi connectivity index (χ2n) is 5.02. The number of hydrogen-bond acceptors (Lipinski definition) is 5. The molecular weight excluding hydrogens is 292 g/mol. The fraction of sp³-hybridized carbons (Fsp3) is 0.600. The Hall–Kier alpha value is -1.01. The van der Waals surface area contributed by atoms with Crippen molar-refractivity contribution in [3.63, 3.8) is 0 Å². The van der Waals surface area contributed by atoms with Crippen LogP contribution < -0.4 is 14.8 Å². The highest BCUT2D eigenvalue weighted by molar-refractivity contribution is 6.33. The normalized spacial score (nSPS) is 17.5. The maximum atomic E-state index is 9.41. The number of halogens is 1. The van der Waals surface area contributed by atoms with E-state index in [0.29, 0.717) is 22.9 Å². The van der Waals surface area contributed by atoms with Gasteiger partial charge in [0, 0.05) is 38.8 Å². The van der Waals surface area contributed by atoms with Gasteiger partial charge in [0.25, 0.3) is 0 Å². The fourth-order valence-corrected chi connectivity index (χ4v) is 3.17. The largest absolute Gasteiger partial charge is 0.493 e. The van der Waals surface area contributed by atoms with Gasteiger partial charge in [-0.2, -0.15) is 0 Å². The molecule has 1 aliphatic heterocycles. The standard InChI is InChI=1S/C15H23ClN2O3/c1-20-13-4-3-11(14(16)15(13)21-2)12(5-10-19)18-8-6-17-7-9-18/h3-4,12,17,19H,5-10H2,1-2H3/t12-/m1/s1. The number of ether oxygens (including phenoxy) is 2. The lowest BCUT2D eigenvalue weighted by Gasteiger charge is -2.35. The molecule has 0 aliphatic carbocycles. The maximum absolute atomic E-state index is 9.41. The predicted molar refractivity (Wildman–Crippen MR) is 83.4 cm³/mol. The molecule has 0 bridgehead atoms. The smallest absolute Gasteiger partial charge is 0.179 e. The van der Waals surface area contributed by atoms with Gasteiger partial charge in [-0.1, -0.05) is 17.7 Å². The summed E-state index contributed by atoms with van der Waals surface area (Å²) < 4.78 is 10.6. The molecule has 1 aliphatic rings. The van der Waals surface area contributed by atoms with Crippen molar-refractivity contribution >= 4 is 11.6 Å². The Morgan fingerprint density at radius 2 is 2.00 bits per heavy atom. The van der Waals surface area contributed by atoms with Crippen molar-refractivity contribution in [1.29, 1.82) is 0 Å². The summed E-state index contributed by atoms with van der Waals surface area (Å²) in [5.74, 6) is 1.17. The van der Waals surface area contributed by atoms with Crippen molar-refractivity contribution in [2.75, 3.05) is 47.0 Å². The maximum Gasteiger partial charge on any atom is 0.179 e. The van der Waals surface area contributed by atoms with E-state index in [9.17, 15) is 5.11 Å². The number of aliphatic hydroxyl groups excluding tert-OH is 1. The molecule has 1 atom stereocenters. The lowest BCUT2D eigenvalue weighted by molar-refractivity contribution is 0.141. The van der Waals surface area contributed by atoms with E-state index in [1.54, 1.807) is 14.2 Å². The molecule has 2 rings (SSSR count). The Labute approximate surface area is 130 Å². The molecule has 118 valence electrons. The van der Waals surface area contributed by atoms with Crippen LogP contribution in [0.1, 0.15) is 18.0 Å². The molecule has 6 heteroatoms. The summed E-state index contributed by atoms with van der Waals surface area (Å²) in [6.45, 7) is 3.91. The number of benzene rings is 1. The Morgan fingerprint density at radius 1 is 1.29 bits per heavy atom. The minimum absolute atomic E-state index is 0.0874. The molecular formula is C15H23ClN2O3. The minimum Gasteiger partial charge on any atom is -0.493 e. The van der Waals surface area contributed by atoms with Crippen LogP contribution >= 0.6 is 11.6 Å². The zero-order valence-electron chi connectivity index (χ0n) is 12.6. The molecule has 21 heavy (non-hydrogen) atoms. The average Bonchev–Trinajstić information content (AvgIpc) is 2.53. The van der Waals surface area contributed by atoms with E-state index in [-0.39, 0.29) is 12.6 Å². The number of aliphatic hydroxyl groups is 1. The highest BCUT2D eigenvalue weighted by atomic mass is 35.5. The van der Waals surface area contributed by atoms with Gasteiger partial charge in [-0.3, -0.25) is 4.90 Å². The Bertz CT molecular complexity index is 464. The first-order chi connectivity index (χ1) is 10.2. The number of methoxy groups -OCH3 is 2. The number of hydrogen-bond donors (Lipinski definition) is 2. The molecule has 1 saturated heterocycles. The molecule has 1 aromatic rings. The first kappa shape index (κ1) is 16.4. The van der Waals surface area contributed by atoms with Gasteiger partial charge in [0.1, 0.15) is 0 Å². The summed E-state index contributed by atoms with van der Waals surface area (Å²) in [5, 5.41) is 13.3. The van der Waals surface area contributed by atoms with Gasteiger partial charge in [-0.05, 0) is 18.1 Å². The van der Waals surface area contributed by atoms with Crippen molar-refractivity contribution in [2.45, 2.75) is 12.5 Å². The molecule has 1 heterocycles. The third kappa shape index (κ3) is 3.61. The molecule has 2 N–H and O–H groups in total. The quantitative estimate of drug-likeness (QED) is 0.837. The van der Waals surface area contributed by atoms with Crippen molar-refractivity contribution in [1.82, 2.24) is 10.2 Å². The van der Waals surface area contributed by atoms with Crippen LogP contribution in [0.5, 0.6) is 11.5 Å². The molecule has 0 aromatic heterocycles. The summed E-state index contributed by atoms with van der Waals surface area (Å²) >= 11 is 6.51. The van der Waals surface area contributed by atoms with Gasteiger partial charge < -0.3 is 19.9 Å². The number of rotatable bonds is 6. The minimum atomic E-state index is 0.0874. The molecule has 1 aromatic carbocycles. The van der Waals surface area contributed by atoms with Crippen LogP contribution in [0.4, 0.5) is 0 Å². The van der Waals surface area contributed by atoms with Crippen LogP contribution in [-0.2, 0) is 0 Å². The van der Waals surface area contributed by atoms with Gasteiger partial charge in [-0.15, -0.1) is 0 Å². The third-order valence-corrected chi connectivity index (χ3v) is 4.26. The molecule has 0 unspecified atom stereocenters. The van der Waals surface area contributed by atoms with Crippen LogP contribution in [0, 0.1) is 0 Å². The van der Waals surface area contributed by atoms with Crippen molar-refractivity contribution in [2.24, 2.45) is 0 Å². The highest BCUT2D eigenvalue weighted by Crippen LogP contribution is 2.41. The SMILES string of the molecule is COc1ccc([C@@H](CCO)N2CCNCC2)c(Cl)c1OC. The molecule has 1 fully saturated rings. The van der Waals surface area contributed by atoms with Gasteiger partial charge >= 0.3 is 0 Å². The summed E-state index contributed by atoms with van der Waals surface area (Å²) in [5.41, 5.74) is 0.977. The summed E-state index contributed by atoms with van der Waals surface area (Å²) in [6.07, 6.45) is 0.648. The van der Waals surface area contributed by atoms with E-state index in [0.717, 1.165) is 31.7 Å². The lowest BCUT2D eigenvalue weighted by Crippen LogP contribution is -2.45. The number of piperazine rings is 1. The van der Waals surface area contributed by atoms with Crippen molar-refractivity contribution in [3.05, 3.63) is 22.7 Å². The molecule has 0 saturated carbocycles. The van der Waals surface area contributed by atoms with Crippen LogP contribution in [0.15, 0.2) is 12.1 Å². The van der Waals surface area contributed by atoms with Crippen LogP contribution in [-0.4, -0.2) is 57.0 Å². The Balaban J connectivity index is 2.35. The van der Waals surface area contributed by atoms with E-state index >= 15 is 0 Å². The van der Waals surface area contributed by atoms with Gasteiger partial charge in [0.15, 0.2) is 11.5 Å². The van der Waals surface area contributed by atoms with E-state index in [2.05, 4.69) is 10.2 Å². The molecule has 0 amide bonds. The molecule has 0 spiro atoms. The van der Waals surface area contributed by atoms with Crippen molar-refractivity contribution < 1.29 is 14.6 Å². The fourth-order valence-electron chi connectivity index (χ4n) is 2.81. The van der Waals surface area contributed by atoms with Gasteiger partial charge in [-0.25, -0.2) is 0 Å². The van der Waals surface area contributed by atoms with Crippen LogP contribution in [0.25, 0.3) is 0 Å². The first-order valence-corrected chi connectivity index (χ1v) is 7.56. The second kappa shape index (κ2) is 7.84. The first-order valence-electron chi connectivity index (χ1n) is 7.19. The molecule has 5 nitrogen and oxygen atoms in total. The number of nitrogens with zero attached hydrogens (tertiary/aromatic N) is 1. The average molecular weight is 315 g/mol. The van der Waals surface area contributed by atoms with Crippen molar-refractivity contribution in [3.8, 4) is 11.5 Å². The zero-order valence-corrected chi connectivity index (χ0v) is 13.3. The van der Waals surface area contributed by atoms with Gasteiger partial charge in [0.2, 0.25) is 0 Å². The van der Waals surface area contributed by atoms with E-state index in [4.69, 9.17) is 21.1 Å². The summed E-state index contributed by atoms with van der Waals surface area (Å²) in [4.78, 5) is 2.35. The number of nitrogens with one attached hydrogen (secondary N) is 1. The topological polar surface area (TPSA) is 54.0 Å². The summed E-state index contributed by atoms with van der Waals surface area (Å²) in [6, 6.07) is 3.92.